The third-order valence-electron chi connectivity index (χ3n) is 3.43. The number of rotatable bonds is 3. The fraction of sp³-hybridized carbons (Fsp3) is 0.176. The van der Waals surface area contributed by atoms with Crippen molar-refractivity contribution < 1.29 is 9.21 Å². The molecule has 0 bridgehead atoms. The molecule has 1 heterocycles. The van der Waals surface area contributed by atoms with Gasteiger partial charge in [0.25, 0.3) is 0 Å². The minimum atomic E-state index is -0.0393. The highest BCUT2D eigenvalue weighted by molar-refractivity contribution is 5.93. The zero-order valence-corrected chi connectivity index (χ0v) is 12.0. The number of nitrogens with zero attached hydrogens (tertiary/aromatic N) is 1. The molecule has 4 nitrogen and oxygen atoms in total. The van der Waals surface area contributed by atoms with Gasteiger partial charge in [-0.1, -0.05) is 18.2 Å². The van der Waals surface area contributed by atoms with Crippen LogP contribution in [0.25, 0.3) is 11.1 Å². The van der Waals surface area contributed by atoms with Crippen molar-refractivity contribution >= 4 is 22.7 Å². The maximum Gasteiger partial charge on any atom is 0.228 e. The number of aromatic nitrogens is 1. The first-order valence-electron chi connectivity index (χ1n) is 6.81. The molecule has 1 N–H and O–H groups in total. The quantitative estimate of drug-likeness (QED) is 0.797. The molecule has 2 aromatic carbocycles. The lowest BCUT2D eigenvalue weighted by Gasteiger charge is -2.09. The summed E-state index contributed by atoms with van der Waals surface area (Å²) < 4.78 is 5.25. The standard InChI is InChI=1S/C17H16N2O2/c1-11-3-4-12(2)15(7-11)19-17(20)9-13-5-6-14-16(8-13)21-10-18-14/h3-8,10H,9H2,1-2H3,(H,19,20). The Morgan fingerprint density at radius 3 is 2.90 bits per heavy atom. The first-order chi connectivity index (χ1) is 10.1. The van der Waals surface area contributed by atoms with Gasteiger partial charge in [-0.3, -0.25) is 4.79 Å². The summed E-state index contributed by atoms with van der Waals surface area (Å²) >= 11 is 0. The lowest BCUT2D eigenvalue weighted by atomic mass is 10.1. The summed E-state index contributed by atoms with van der Waals surface area (Å²) in [5, 5.41) is 2.96. The second kappa shape index (κ2) is 5.40. The molecule has 4 heteroatoms. The number of benzene rings is 2. The molecule has 0 radical (unpaired) electrons. The molecule has 0 saturated carbocycles. The molecular weight excluding hydrogens is 264 g/mol. The van der Waals surface area contributed by atoms with Crippen LogP contribution >= 0.6 is 0 Å². The molecule has 21 heavy (non-hydrogen) atoms. The van der Waals surface area contributed by atoms with Crippen molar-refractivity contribution in [2.24, 2.45) is 0 Å². The van der Waals surface area contributed by atoms with Crippen molar-refractivity contribution in [1.29, 1.82) is 0 Å². The van der Waals surface area contributed by atoms with E-state index in [4.69, 9.17) is 4.42 Å². The first kappa shape index (κ1) is 13.4. The Hall–Kier alpha value is -2.62. The lowest BCUT2D eigenvalue weighted by Crippen LogP contribution is -2.15. The molecule has 0 aliphatic heterocycles. The van der Waals surface area contributed by atoms with Gasteiger partial charge in [-0.15, -0.1) is 0 Å². The van der Waals surface area contributed by atoms with E-state index in [1.807, 2.05) is 50.2 Å². The van der Waals surface area contributed by atoms with E-state index in [2.05, 4.69) is 10.3 Å². The van der Waals surface area contributed by atoms with Crippen LogP contribution in [-0.4, -0.2) is 10.9 Å². The lowest BCUT2D eigenvalue weighted by molar-refractivity contribution is -0.115. The monoisotopic (exact) mass is 280 g/mol. The van der Waals surface area contributed by atoms with E-state index in [-0.39, 0.29) is 5.91 Å². The molecule has 0 atom stereocenters. The van der Waals surface area contributed by atoms with Gasteiger partial charge in [0.1, 0.15) is 5.52 Å². The fourth-order valence-electron chi connectivity index (χ4n) is 2.26. The Bertz CT molecular complexity index is 805. The summed E-state index contributed by atoms with van der Waals surface area (Å²) in [6, 6.07) is 11.6. The summed E-state index contributed by atoms with van der Waals surface area (Å²) in [7, 11) is 0. The Balaban J connectivity index is 1.75. The summed E-state index contributed by atoms with van der Waals surface area (Å²) in [4.78, 5) is 16.2. The van der Waals surface area contributed by atoms with Gasteiger partial charge in [0.05, 0.1) is 6.42 Å². The third kappa shape index (κ3) is 2.94. The van der Waals surface area contributed by atoms with Crippen LogP contribution in [-0.2, 0) is 11.2 Å². The van der Waals surface area contributed by atoms with E-state index >= 15 is 0 Å². The third-order valence-corrected chi connectivity index (χ3v) is 3.43. The van der Waals surface area contributed by atoms with Gasteiger partial charge in [-0.25, -0.2) is 4.98 Å². The van der Waals surface area contributed by atoms with E-state index < -0.39 is 0 Å². The average molecular weight is 280 g/mol. The van der Waals surface area contributed by atoms with Gasteiger partial charge in [0.2, 0.25) is 5.91 Å². The highest BCUT2D eigenvalue weighted by atomic mass is 16.3. The van der Waals surface area contributed by atoms with Crippen molar-refractivity contribution in [3.8, 4) is 0 Å². The topological polar surface area (TPSA) is 55.1 Å². The smallest absolute Gasteiger partial charge is 0.228 e. The zero-order chi connectivity index (χ0) is 14.8. The Labute approximate surface area is 122 Å². The van der Waals surface area contributed by atoms with Crippen LogP contribution in [0.5, 0.6) is 0 Å². The maximum atomic E-state index is 12.2. The number of nitrogens with one attached hydrogen (secondary N) is 1. The molecule has 3 aromatic rings. The molecule has 1 aromatic heterocycles. The normalized spacial score (nSPS) is 10.8. The van der Waals surface area contributed by atoms with Crippen LogP contribution < -0.4 is 5.32 Å². The van der Waals surface area contributed by atoms with Crippen LogP contribution in [0.1, 0.15) is 16.7 Å². The number of aryl methyl sites for hydroxylation is 2. The number of carbonyl (C=O) groups excluding carboxylic acids is 1. The van der Waals surface area contributed by atoms with Crippen LogP contribution in [0.2, 0.25) is 0 Å². The van der Waals surface area contributed by atoms with Gasteiger partial charge in [0, 0.05) is 5.69 Å². The highest BCUT2D eigenvalue weighted by Gasteiger charge is 2.08. The molecule has 1 amide bonds. The summed E-state index contributed by atoms with van der Waals surface area (Å²) in [5.41, 5.74) is 5.45. The number of amides is 1. The van der Waals surface area contributed by atoms with Gasteiger partial charge in [0.15, 0.2) is 12.0 Å². The molecule has 106 valence electrons. The molecule has 0 spiro atoms. The maximum absolute atomic E-state index is 12.2. The minimum Gasteiger partial charge on any atom is -0.443 e. The molecule has 0 aliphatic rings. The van der Waals surface area contributed by atoms with Crippen molar-refractivity contribution in [2.75, 3.05) is 5.32 Å². The first-order valence-corrected chi connectivity index (χ1v) is 6.81. The van der Waals surface area contributed by atoms with E-state index in [0.717, 1.165) is 27.9 Å². The van der Waals surface area contributed by atoms with Gasteiger partial charge in [-0.2, -0.15) is 0 Å². The van der Waals surface area contributed by atoms with Crippen LogP contribution in [0.15, 0.2) is 47.2 Å². The molecule has 0 aliphatic carbocycles. The summed E-state index contributed by atoms with van der Waals surface area (Å²) in [6.45, 7) is 3.99. The second-order valence-corrected chi connectivity index (χ2v) is 5.20. The van der Waals surface area contributed by atoms with Gasteiger partial charge < -0.3 is 9.73 Å². The van der Waals surface area contributed by atoms with Crippen molar-refractivity contribution in [3.05, 3.63) is 59.5 Å². The minimum absolute atomic E-state index is 0.0393. The Morgan fingerprint density at radius 2 is 2.05 bits per heavy atom. The number of hydrogen-bond acceptors (Lipinski definition) is 3. The average Bonchev–Trinajstić information content (AvgIpc) is 2.90. The Kier molecular flexibility index (Phi) is 3.44. The van der Waals surface area contributed by atoms with Crippen LogP contribution in [0.3, 0.4) is 0 Å². The molecule has 0 saturated heterocycles. The predicted molar refractivity (Wildman–Crippen MR) is 82.3 cm³/mol. The second-order valence-electron chi connectivity index (χ2n) is 5.20. The van der Waals surface area contributed by atoms with E-state index in [9.17, 15) is 4.79 Å². The molecular formula is C17H16N2O2. The predicted octanol–water partition coefficient (Wildman–Crippen LogP) is 3.63. The van der Waals surface area contributed by atoms with Gasteiger partial charge >= 0.3 is 0 Å². The number of carbonyl (C=O) groups is 1. The zero-order valence-electron chi connectivity index (χ0n) is 12.0. The summed E-state index contributed by atoms with van der Waals surface area (Å²) in [6.07, 6.45) is 1.72. The molecule has 0 unspecified atom stereocenters. The van der Waals surface area contributed by atoms with E-state index in [1.165, 1.54) is 6.39 Å². The fourth-order valence-corrected chi connectivity index (χ4v) is 2.26. The highest BCUT2D eigenvalue weighted by Crippen LogP contribution is 2.18. The number of fused-ring (bicyclic) bond motifs is 1. The number of oxazole rings is 1. The molecule has 0 fully saturated rings. The number of anilines is 1. The number of hydrogen-bond donors (Lipinski definition) is 1. The van der Waals surface area contributed by atoms with Crippen molar-refractivity contribution in [3.63, 3.8) is 0 Å². The summed E-state index contributed by atoms with van der Waals surface area (Å²) in [5.74, 6) is -0.0393. The van der Waals surface area contributed by atoms with Crippen LogP contribution in [0.4, 0.5) is 5.69 Å². The Morgan fingerprint density at radius 1 is 1.19 bits per heavy atom. The van der Waals surface area contributed by atoms with E-state index in [0.29, 0.717) is 12.0 Å². The van der Waals surface area contributed by atoms with Crippen LogP contribution in [0, 0.1) is 13.8 Å². The van der Waals surface area contributed by atoms with Crippen molar-refractivity contribution in [2.45, 2.75) is 20.3 Å². The largest absolute Gasteiger partial charge is 0.443 e. The SMILES string of the molecule is Cc1ccc(C)c(NC(=O)Cc2ccc3ncoc3c2)c1. The van der Waals surface area contributed by atoms with E-state index in [1.54, 1.807) is 0 Å². The van der Waals surface area contributed by atoms with Crippen molar-refractivity contribution in [1.82, 2.24) is 4.98 Å². The van der Waals surface area contributed by atoms with Gasteiger partial charge in [-0.05, 0) is 48.7 Å². The molecule has 3 rings (SSSR count).